The van der Waals surface area contributed by atoms with E-state index in [0.717, 1.165) is 29.0 Å². The number of nitrogens with one attached hydrogen (secondary N) is 1. The van der Waals surface area contributed by atoms with E-state index in [0.29, 0.717) is 0 Å². The lowest BCUT2D eigenvalue weighted by Gasteiger charge is -2.12. The lowest BCUT2D eigenvalue weighted by atomic mass is 10.2. The van der Waals surface area contributed by atoms with Crippen molar-refractivity contribution >= 4 is 11.0 Å². The molecule has 102 valence electrons. The van der Waals surface area contributed by atoms with Gasteiger partial charge in [0, 0.05) is 0 Å². The van der Waals surface area contributed by atoms with Crippen molar-refractivity contribution in [1.82, 2.24) is 9.97 Å². The number of benzene rings is 2. The minimum atomic E-state index is -0.102. The zero-order valence-corrected chi connectivity index (χ0v) is 11.8. The number of rotatable bonds is 4. The van der Waals surface area contributed by atoms with Gasteiger partial charge in [0.25, 0.3) is 0 Å². The van der Waals surface area contributed by atoms with Gasteiger partial charge in [0.1, 0.15) is 11.6 Å². The van der Waals surface area contributed by atoms with Crippen molar-refractivity contribution in [2.45, 2.75) is 26.4 Å². The van der Waals surface area contributed by atoms with Crippen LogP contribution in [0.5, 0.6) is 5.75 Å². The van der Waals surface area contributed by atoms with Crippen LogP contribution in [0.4, 0.5) is 0 Å². The van der Waals surface area contributed by atoms with E-state index in [4.69, 9.17) is 4.74 Å². The van der Waals surface area contributed by atoms with Gasteiger partial charge in [-0.25, -0.2) is 4.98 Å². The van der Waals surface area contributed by atoms with Crippen LogP contribution in [-0.4, -0.2) is 9.97 Å². The third kappa shape index (κ3) is 2.52. The third-order valence-electron chi connectivity index (χ3n) is 3.44. The highest BCUT2D eigenvalue weighted by Gasteiger charge is 2.12. The molecule has 0 aliphatic carbocycles. The van der Waals surface area contributed by atoms with E-state index in [1.165, 1.54) is 5.56 Å². The molecule has 1 atom stereocenters. The lowest BCUT2D eigenvalue weighted by Crippen LogP contribution is -2.05. The predicted octanol–water partition coefficient (Wildman–Crippen LogP) is 4.27. The fourth-order valence-electron chi connectivity index (χ4n) is 2.23. The van der Waals surface area contributed by atoms with Gasteiger partial charge >= 0.3 is 0 Å². The standard InChI is InChI=1S/C17H18N2O/c1-3-13-8-10-14(11-9-13)20-12(2)17-18-15-6-4-5-7-16(15)19-17/h4-12H,3H2,1-2H3,(H,18,19)/t12-/m1/s1. The second-order valence-corrected chi connectivity index (χ2v) is 4.90. The van der Waals surface area contributed by atoms with Crippen LogP contribution in [-0.2, 0) is 6.42 Å². The molecule has 1 heterocycles. The summed E-state index contributed by atoms with van der Waals surface area (Å²) in [6, 6.07) is 16.2. The summed E-state index contributed by atoms with van der Waals surface area (Å²) >= 11 is 0. The van der Waals surface area contributed by atoms with Crippen molar-refractivity contribution < 1.29 is 4.74 Å². The van der Waals surface area contributed by atoms with Gasteiger partial charge in [0.05, 0.1) is 11.0 Å². The summed E-state index contributed by atoms with van der Waals surface area (Å²) in [5, 5.41) is 0. The summed E-state index contributed by atoms with van der Waals surface area (Å²) in [5.41, 5.74) is 3.33. The average molecular weight is 266 g/mol. The Bertz CT molecular complexity index is 667. The van der Waals surface area contributed by atoms with Crippen molar-refractivity contribution in [2.24, 2.45) is 0 Å². The molecule has 1 N–H and O–H groups in total. The van der Waals surface area contributed by atoms with Crippen LogP contribution in [0.15, 0.2) is 48.5 Å². The third-order valence-corrected chi connectivity index (χ3v) is 3.44. The number of hydrogen-bond donors (Lipinski definition) is 1. The Hall–Kier alpha value is -2.29. The molecular formula is C17H18N2O. The van der Waals surface area contributed by atoms with Gasteiger partial charge in [-0.2, -0.15) is 0 Å². The molecule has 0 fully saturated rings. The molecule has 0 saturated carbocycles. The zero-order chi connectivity index (χ0) is 13.9. The highest BCUT2D eigenvalue weighted by atomic mass is 16.5. The molecule has 0 aliphatic heterocycles. The van der Waals surface area contributed by atoms with Crippen LogP contribution in [0, 0.1) is 0 Å². The number of aromatic nitrogens is 2. The summed E-state index contributed by atoms with van der Waals surface area (Å²) in [7, 11) is 0. The van der Waals surface area contributed by atoms with Gasteiger partial charge in [-0.3, -0.25) is 0 Å². The maximum absolute atomic E-state index is 5.94. The van der Waals surface area contributed by atoms with Gasteiger partial charge in [-0.1, -0.05) is 31.2 Å². The Balaban J connectivity index is 1.79. The molecule has 3 nitrogen and oxygen atoms in total. The fraction of sp³-hybridized carbons (Fsp3) is 0.235. The summed E-state index contributed by atoms with van der Waals surface area (Å²) in [6.45, 7) is 4.15. The van der Waals surface area contributed by atoms with E-state index in [1.807, 2.05) is 43.3 Å². The van der Waals surface area contributed by atoms with Gasteiger partial charge in [-0.15, -0.1) is 0 Å². The molecule has 0 saturated heterocycles. The van der Waals surface area contributed by atoms with Crippen LogP contribution in [0.25, 0.3) is 11.0 Å². The molecule has 0 bridgehead atoms. The molecule has 2 aromatic carbocycles. The molecule has 0 radical (unpaired) electrons. The van der Waals surface area contributed by atoms with Crippen LogP contribution in [0.1, 0.15) is 31.3 Å². The van der Waals surface area contributed by atoms with Crippen LogP contribution in [0.2, 0.25) is 0 Å². The van der Waals surface area contributed by atoms with Gasteiger partial charge in [0.2, 0.25) is 0 Å². The first-order valence-corrected chi connectivity index (χ1v) is 6.96. The van der Waals surface area contributed by atoms with Gasteiger partial charge < -0.3 is 9.72 Å². The molecular weight excluding hydrogens is 248 g/mol. The highest BCUT2D eigenvalue weighted by Crippen LogP contribution is 2.22. The second kappa shape index (κ2) is 5.37. The summed E-state index contributed by atoms with van der Waals surface area (Å²) < 4.78 is 5.94. The van der Waals surface area contributed by atoms with E-state index >= 15 is 0 Å². The first-order valence-electron chi connectivity index (χ1n) is 6.96. The molecule has 0 spiro atoms. The molecule has 0 unspecified atom stereocenters. The van der Waals surface area contributed by atoms with E-state index in [9.17, 15) is 0 Å². The maximum Gasteiger partial charge on any atom is 0.153 e. The Labute approximate surface area is 118 Å². The highest BCUT2D eigenvalue weighted by molar-refractivity contribution is 5.74. The summed E-state index contributed by atoms with van der Waals surface area (Å²) in [4.78, 5) is 7.86. The molecule has 1 aromatic heterocycles. The van der Waals surface area contributed by atoms with Crippen molar-refractivity contribution in [2.75, 3.05) is 0 Å². The lowest BCUT2D eigenvalue weighted by molar-refractivity contribution is 0.218. The van der Waals surface area contributed by atoms with Gasteiger partial charge in [-0.05, 0) is 43.2 Å². The van der Waals surface area contributed by atoms with Gasteiger partial charge in [0.15, 0.2) is 6.10 Å². The molecule has 3 heteroatoms. The van der Waals surface area contributed by atoms with E-state index < -0.39 is 0 Å². The topological polar surface area (TPSA) is 37.9 Å². The quantitative estimate of drug-likeness (QED) is 0.766. The first-order chi connectivity index (χ1) is 9.76. The van der Waals surface area contributed by atoms with Crippen LogP contribution >= 0.6 is 0 Å². The minimum Gasteiger partial charge on any atom is -0.483 e. The Morgan fingerprint density at radius 3 is 2.55 bits per heavy atom. The average Bonchev–Trinajstić information content (AvgIpc) is 2.92. The number of nitrogens with zero attached hydrogens (tertiary/aromatic N) is 1. The summed E-state index contributed by atoms with van der Waals surface area (Å²) in [6.07, 6.45) is 0.939. The molecule has 3 rings (SSSR count). The number of H-pyrrole nitrogens is 1. The fourth-order valence-corrected chi connectivity index (χ4v) is 2.23. The normalized spacial score (nSPS) is 12.5. The first kappa shape index (κ1) is 12.7. The number of aromatic amines is 1. The number of imidazole rings is 1. The molecule has 3 aromatic rings. The van der Waals surface area contributed by atoms with Crippen molar-refractivity contribution in [3.63, 3.8) is 0 Å². The monoisotopic (exact) mass is 266 g/mol. The van der Waals surface area contributed by atoms with Crippen molar-refractivity contribution in [3.05, 3.63) is 59.9 Å². The van der Waals surface area contributed by atoms with E-state index in [1.54, 1.807) is 0 Å². The zero-order valence-electron chi connectivity index (χ0n) is 11.8. The largest absolute Gasteiger partial charge is 0.483 e. The van der Waals surface area contributed by atoms with Crippen molar-refractivity contribution in [1.29, 1.82) is 0 Å². The summed E-state index contributed by atoms with van der Waals surface area (Å²) in [5.74, 6) is 1.72. The molecule has 20 heavy (non-hydrogen) atoms. The number of aryl methyl sites for hydroxylation is 1. The predicted molar refractivity (Wildman–Crippen MR) is 81.0 cm³/mol. The SMILES string of the molecule is CCc1ccc(O[C@H](C)c2nc3ccccc3[nH]2)cc1. The van der Waals surface area contributed by atoms with E-state index in [2.05, 4.69) is 29.0 Å². The number of hydrogen-bond acceptors (Lipinski definition) is 2. The maximum atomic E-state index is 5.94. The number of ether oxygens (including phenoxy) is 1. The Morgan fingerprint density at radius 2 is 1.85 bits per heavy atom. The second-order valence-electron chi connectivity index (χ2n) is 4.90. The van der Waals surface area contributed by atoms with E-state index in [-0.39, 0.29) is 6.10 Å². The Kier molecular flexibility index (Phi) is 3.42. The minimum absolute atomic E-state index is 0.102. The smallest absolute Gasteiger partial charge is 0.153 e. The number of para-hydroxylation sites is 2. The van der Waals surface area contributed by atoms with Crippen molar-refractivity contribution in [3.8, 4) is 5.75 Å². The molecule has 0 aliphatic rings. The molecule has 0 amide bonds. The Morgan fingerprint density at radius 1 is 1.10 bits per heavy atom. The number of fused-ring (bicyclic) bond motifs is 1. The van der Waals surface area contributed by atoms with Crippen LogP contribution < -0.4 is 4.74 Å². The van der Waals surface area contributed by atoms with Crippen LogP contribution in [0.3, 0.4) is 0 Å².